The average molecular weight is 368 g/mol. The number of hydrogen-bond donors (Lipinski definition) is 1. The van der Waals surface area contributed by atoms with Gasteiger partial charge in [-0.3, -0.25) is 9.59 Å². The number of amides is 2. The van der Waals surface area contributed by atoms with Gasteiger partial charge in [0.1, 0.15) is 0 Å². The zero-order chi connectivity index (χ0) is 19.4. The van der Waals surface area contributed by atoms with Gasteiger partial charge in [0.2, 0.25) is 11.8 Å². The van der Waals surface area contributed by atoms with Gasteiger partial charge in [0.25, 0.3) is 0 Å². The van der Waals surface area contributed by atoms with Crippen LogP contribution in [0.15, 0.2) is 42.5 Å². The third-order valence-electron chi connectivity index (χ3n) is 4.74. The van der Waals surface area contributed by atoms with Crippen molar-refractivity contribution >= 4 is 17.5 Å². The van der Waals surface area contributed by atoms with Crippen LogP contribution < -0.4 is 14.8 Å². The van der Waals surface area contributed by atoms with Crippen LogP contribution in [0.1, 0.15) is 30.4 Å². The largest absolute Gasteiger partial charge is 0.493 e. The number of methoxy groups -OCH3 is 2. The molecule has 6 nitrogen and oxygen atoms in total. The van der Waals surface area contributed by atoms with E-state index in [1.807, 2.05) is 47.4 Å². The summed E-state index contributed by atoms with van der Waals surface area (Å²) in [7, 11) is 3.22. The summed E-state index contributed by atoms with van der Waals surface area (Å²) in [6, 6.07) is 13.4. The number of likely N-dealkylation sites (tertiary alicyclic amines) is 1. The van der Waals surface area contributed by atoms with Crippen LogP contribution in [0, 0.1) is 0 Å². The van der Waals surface area contributed by atoms with E-state index in [4.69, 9.17) is 9.47 Å². The maximum Gasteiger partial charge on any atom is 0.223 e. The van der Waals surface area contributed by atoms with E-state index in [0.29, 0.717) is 31.0 Å². The summed E-state index contributed by atoms with van der Waals surface area (Å²) < 4.78 is 10.7. The van der Waals surface area contributed by atoms with Crippen molar-refractivity contribution in [1.82, 2.24) is 4.90 Å². The van der Waals surface area contributed by atoms with E-state index >= 15 is 0 Å². The van der Waals surface area contributed by atoms with Crippen LogP contribution in [0.4, 0.5) is 5.69 Å². The Bertz CT molecular complexity index is 833. The van der Waals surface area contributed by atoms with Gasteiger partial charge in [-0.05, 0) is 35.4 Å². The lowest BCUT2D eigenvalue weighted by molar-refractivity contribution is -0.128. The second kappa shape index (κ2) is 8.12. The first kappa shape index (κ1) is 18.8. The predicted octanol–water partition coefficient (Wildman–Crippen LogP) is 3.18. The van der Waals surface area contributed by atoms with Crippen molar-refractivity contribution in [1.29, 1.82) is 0 Å². The molecule has 142 valence electrons. The molecule has 6 heteroatoms. The average Bonchev–Trinajstić information content (AvgIpc) is 3.02. The minimum atomic E-state index is -0.102. The Morgan fingerprint density at radius 1 is 1.11 bits per heavy atom. The van der Waals surface area contributed by atoms with Crippen LogP contribution in [-0.2, 0) is 16.1 Å². The smallest absolute Gasteiger partial charge is 0.223 e. The number of hydrogen-bond acceptors (Lipinski definition) is 4. The fraction of sp³-hybridized carbons (Fsp3) is 0.333. The SMILES string of the molecule is COc1ccc(C2CC(=O)N(Cc3ccc(NC(C)=O)cc3)C2)cc1OC. The maximum atomic E-state index is 12.5. The number of benzene rings is 2. The van der Waals surface area contributed by atoms with E-state index < -0.39 is 0 Å². The Hall–Kier alpha value is -3.02. The molecule has 1 aliphatic rings. The van der Waals surface area contributed by atoms with E-state index in [0.717, 1.165) is 16.8 Å². The highest BCUT2D eigenvalue weighted by Gasteiger charge is 2.31. The van der Waals surface area contributed by atoms with E-state index in [-0.39, 0.29) is 17.7 Å². The molecule has 1 atom stereocenters. The first-order valence-corrected chi connectivity index (χ1v) is 8.86. The molecular formula is C21H24N2O4. The predicted molar refractivity (Wildman–Crippen MR) is 103 cm³/mol. The van der Waals surface area contributed by atoms with Crippen LogP contribution in [0.5, 0.6) is 11.5 Å². The number of nitrogens with one attached hydrogen (secondary N) is 1. The molecule has 1 aliphatic heterocycles. The quantitative estimate of drug-likeness (QED) is 0.850. The van der Waals surface area contributed by atoms with Gasteiger partial charge >= 0.3 is 0 Å². The van der Waals surface area contributed by atoms with Crippen molar-refractivity contribution in [2.45, 2.75) is 25.8 Å². The first-order chi connectivity index (χ1) is 13.0. The number of rotatable bonds is 6. The van der Waals surface area contributed by atoms with Gasteiger partial charge in [-0.25, -0.2) is 0 Å². The number of carbonyl (C=O) groups is 2. The molecule has 0 spiro atoms. The zero-order valence-corrected chi connectivity index (χ0v) is 15.8. The van der Waals surface area contributed by atoms with Crippen LogP contribution in [0.3, 0.4) is 0 Å². The van der Waals surface area contributed by atoms with Gasteiger partial charge in [-0.1, -0.05) is 18.2 Å². The molecule has 2 aromatic rings. The zero-order valence-electron chi connectivity index (χ0n) is 15.8. The molecule has 0 aromatic heterocycles. The lowest BCUT2D eigenvalue weighted by Gasteiger charge is -2.18. The summed E-state index contributed by atoms with van der Waals surface area (Å²) in [5.74, 6) is 1.53. The van der Waals surface area contributed by atoms with Crippen molar-refractivity contribution in [3.63, 3.8) is 0 Å². The summed E-state index contributed by atoms with van der Waals surface area (Å²) in [5.41, 5.74) is 2.86. The Morgan fingerprint density at radius 3 is 2.44 bits per heavy atom. The standard InChI is InChI=1S/C21H24N2O4/c1-14(24)22-18-7-4-15(5-8-18)12-23-13-17(11-21(23)25)16-6-9-19(26-2)20(10-16)27-3/h4-10,17H,11-13H2,1-3H3,(H,22,24). The van der Waals surface area contributed by atoms with Gasteiger partial charge in [0.15, 0.2) is 11.5 Å². The van der Waals surface area contributed by atoms with Gasteiger partial charge in [0, 0.05) is 38.0 Å². The number of nitrogens with zero attached hydrogens (tertiary/aromatic N) is 1. The molecule has 1 N–H and O–H groups in total. The minimum absolute atomic E-state index is 0.102. The summed E-state index contributed by atoms with van der Waals surface area (Å²) in [6.07, 6.45) is 0.486. The monoisotopic (exact) mass is 368 g/mol. The highest BCUT2D eigenvalue weighted by atomic mass is 16.5. The molecule has 1 fully saturated rings. The molecule has 0 radical (unpaired) electrons. The summed E-state index contributed by atoms with van der Waals surface area (Å²) in [6.45, 7) is 2.70. The van der Waals surface area contributed by atoms with E-state index in [1.165, 1.54) is 6.92 Å². The molecule has 1 heterocycles. The van der Waals surface area contributed by atoms with Gasteiger partial charge in [-0.2, -0.15) is 0 Å². The summed E-state index contributed by atoms with van der Waals surface area (Å²) >= 11 is 0. The molecule has 0 saturated carbocycles. The lowest BCUT2D eigenvalue weighted by atomic mass is 9.98. The van der Waals surface area contributed by atoms with Crippen molar-refractivity contribution < 1.29 is 19.1 Å². The van der Waals surface area contributed by atoms with E-state index in [1.54, 1.807) is 14.2 Å². The van der Waals surface area contributed by atoms with Gasteiger partial charge in [0.05, 0.1) is 14.2 Å². The van der Waals surface area contributed by atoms with Crippen molar-refractivity contribution in [3.05, 3.63) is 53.6 Å². The highest BCUT2D eigenvalue weighted by Crippen LogP contribution is 2.35. The third kappa shape index (κ3) is 4.39. The fourth-order valence-electron chi connectivity index (χ4n) is 3.37. The third-order valence-corrected chi connectivity index (χ3v) is 4.74. The summed E-state index contributed by atoms with van der Waals surface area (Å²) in [5, 5.41) is 2.74. The van der Waals surface area contributed by atoms with E-state index in [2.05, 4.69) is 5.32 Å². The summed E-state index contributed by atoms with van der Waals surface area (Å²) in [4.78, 5) is 25.4. The van der Waals surface area contributed by atoms with Crippen LogP contribution in [-0.4, -0.2) is 37.5 Å². The Labute approximate surface area is 159 Å². The molecular weight excluding hydrogens is 344 g/mol. The van der Waals surface area contributed by atoms with Gasteiger partial charge < -0.3 is 19.7 Å². The van der Waals surface area contributed by atoms with Crippen LogP contribution in [0.25, 0.3) is 0 Å². The number of carbonyl (C=O) groups excluding carboxylic acids is 2. The molecule has 3 rings (SSSR count). The molecule has 1 saturated heterocycles. The normalized spacial score (nSPS) is 16.3. The second-order valence-electron chi connectivity index (χ2n) is 6.67. The highest BCUT2D eigenvalue weighted by molar-refractivity contribution is 5.88. The Kier molecular flexibility index (Phi) is 5.64. The Balaban J connectivity index is 1.68. The molecule has 0 bridgehead atoms. The molecule has 1 unspecified atom stereocenters. The van der Waals surface area contributed by atoms with Gasteiger partial charge in [-0.15, -0.1) is 0 Å². The molecule has 27 heavy (non-hydrogen) atoms. The van der Waals surface area contributed by atoms with Crippen LogP contribution >= 0.6 is 0 Å². The van der Waals surface area contributed by atoms with Crippen molar-refractivity contribution in [3.8, 4) is 11.5 Å². The van der Waals surface area contributed by atoms with Crippen molar-refractivity contribution in [2.75, 3.05) is 26.1 Å². The molecule has 2 aromatic carbocycles. The Morgan fingerprint density at radius 2 is 1.81 bits per heavy atom. The molecule has 2 amide bonds. The minimum Gasteiger partial charge on any atom is -0.493 e. The fourth-order valence-corrected chi connectivity index (χ4v) is 3.37. The van der Waals surface area contributed by atoms with Crippen LogP contribution in [0.2, 0.25) is 0 Å². The number of anilines is 1. The first-order valence-electron chi connectivity index (χ1n) is 8.86. The maximum absolute atomic E-state index is 12.5. The topological polar surface area (TPSA) is 67.9 Å². The molecule has 0 aliphatic carbocycles. The number of ether oxygens (including phenoxy) is 2. The van der Waals surface area contributed by atoms with E-state index in [9.17, 15) is 9.59 Å². The second-order valence-corrected chi connectivity index (χ2v) is 6.67. The lowest BCUT2D eigenvalue weighted by Crippen LogP contribution is -2.24. The van der Waals surface area contributed by atoms with Crippen molar-refractivity contribution in [2.24, 2.45) is 0 Å².